The summed E-state index contributed by atoms with van der Waals surface area (Å²) >= 11 is 0. The smallest absolute Gasteiger partial charge is 0.159 e. The Morgan fingerprint density at radius 2 is 2.00 bits per heavy atom. The summed E-state index contributed by atoms with van der Waals surface area (Å²) in [6, 6.07) is 0. The maximum atomic E-state index is 11.6. The van der Waals surface area contributed by atoms with Crippen LogP contribution in [0.2, 0.25) is 0 Å². The van der Waals surface area contributed by atoms with Crippen molar-refractivity contribution in [2.24, 2.45) is 11.3 Å². The number of carbonyl (C=O) groups excluding carboxylic acids is 1. The van der Waals surface area contributed by atoms with E-state index in [1.807, 2.05) is 6.92 Å². The van der Waals surface area contributed by atoms with E-state index in [-0.39, 0.29) is 11.2 Å². The van der Waals surface area contributed by atoms with Gasteiger partial charge in [0.1, 0.15) is 0 Å². The first-order chi connectivity index (χ1) is 7.89. The highest BCUT2D eigenvalue weighted by Crippen LogP contribution is 2.44. The zero-order chi connectivity index (χ0) is 12.6. The molecule has 1 unspecified atom stereocenters. The maximum Gasteiger partial charge on any atom is 0.159 e. The minimum atomic E-state index is 0.255. The lowest BCUT2D eigenvalue weighted by Crippen LogP contribution is -2.19. The summed E-state index contributed by atoms with van der Waals surface area (Å²) in [6.45, 7) is 8.88. The van der Waals surface area contributed by atoms with Gasteiger partial charge in [-0.2, -0.15) is 0 Å². The first-order valence-electron chi connectivity index (χ1n) is 6.46. The maximum absolute atomic E-state index is 11.6. The molecule has 0 fully saturated rings. The van der Waals surface area contributed by atoms with Gasteiger partial charge in [0.2, 0.25) is 0 Å². The van der Waals surface area contributed by atoms with Crippen LogP contribution in [0.5, 0.6) is 0 Å². The average molecular weight is 230 g/mol. The van der Waals surface area contributed by atoms with E-state index < -0.39 is 0 Å². The Morgan fingerprint density at radius 3 is 2.53 bits per heavy atom. The molecule has 1 nitrogen and oxygen atoms in total. The molecule has 0 saturated carbocycles. The van der Waals surface area contributed by atoms with Crippen molar-refractivity contribution < 1.29 is 4.79 Å². The van der Waals surface area contributed by atoms with Gasteiger partial charge in [0, 0.05) is 6.42 Å². The normalized spacial score (nSPS) is 30.5. The summed E-state index contributed by atoms with van der Waals surface area (Å²) in [5.41, 5.74) is 4.25. The van der Waals surface area contributed by atoms with Crippen LogP contribution in [0.3, 0.4) is 0 Å². The van der Waals surface area contributed by atoms with Crippen LogP contribution in [0.1, 0.15) is 47.0 Å². The predicted octanol–water partition coefficient (Wildman–Crippen LogP) is 4.21. The first-order valence-corrected chi connectivity index (χ1v) is 6.46. The number of hydrogen-bond acceptors (Lipinski definition) is 1. The van der Waals surface area contributed by atoms with E-state index in [9.17, 15) is 4.79 Å². The first kappa shape index (κ1) is 12.3. The number of hydrogen-bond donors (Lipinski definition) is 0. The molecule has 0 N–H and O–H groups in total. The van der Waals surface area contributed by atoms with Crippen molar-refractivity contribution in [3.8, 4) is 0 Å². The van der Waals surface area contributed by atoms with Crippen LogP contribution in [0.15, 0.2) is 34.9 Å². The molecule has 17 heavy (non-hydrogen) atoms. The van der Waals surface area contributed by atoms with Crippen LogP contribution in [0, 0.1) is 11.3 Å². The standard InChI is InChI=1S/C16H22O/c1-11-7-13(10-15(17)8-11)9-14-6-5-12(2)16(14,3)4/h5,8-9,14H,6-7,10H2,1-4H3/b13-9-. The van der Waals surface area contributed by atoms with E-state index >= 15 is 0 Å². The molecule has 0 bridgehead atoms. The minimum absolute atomic E-state index is 0.255. The van der Waals surface area contributed by atoms with Gasteiger partial charge in [0.25, 0.3) is 0 Å². The van der Waals surface area contributed by atoms with Crippen LogP contribution >= 0.6 is 0 Å². The Bertz CT molecular complexity index is 432. The predicted molar refractivity (Wildman–Crippen MR) is 71.7 cm³/mol. The molecule has 2 rings (SSSR count). The van der Waals surface area contributed by atoms with E-state index in [0.717, 1.165) is 12.8 Å². The van der Waals surface area contributed by atoms with Crippen molar-refractivity contribution in [1.29, 1.82) is 0 Å². The summed E-state index contributed by atoms with van der Waals surface area (Å²) in [5.74, 6) is 0.830. The van der Waals surface area contributed by atoms with E-state index in [1.165, 1.54) is 16.7 Å². The molecule has 0 radical (unpaired) electrons. The van der Waals surface area contributed by atoms with Crippen molar-refractivity contribution in [3.63, 3.8) is 0 Å². The minimum Gasteiger partial charge on any atom is -0.295 e. The molecular weight excluding hydrogens is 208 g/mol. The largest absolute Gasteiger partial charge is 0.295 e. The fourth-order valence-corrected chi connectivity index (χ4v) is 2.85. The highest BCUT2D eigenvalue weighted by molar-refractivity contribution is 5.93. The molecule has 0 aromatic heterocycles. The van der Waals surface area contributed by atoms with Gasteiger partial charge in [-0.1, -0.05) is 42.7 Å². The lowest BCUT2D eigenvalue weighted by atomic mass is 9.76. The number of carbonyl (C=O) groups is 1. The molecule has 0 saturated heterocycles. The molecule has 0 aromatic rings. The topological polar surface area (TPSA) is 17.1 Å². The highest BCUT2D eigenvalue weighted by Gasteiger charge is 2.33. The second-order valence-corrected chi connectivity index (χ2v) is 6.09. The molecule has 0 heterocycles. The van der Waals surface area contributed by atoms with Crippen LogP contribution in [0.4, 0.5) is 0 Å². The van der Waals surface area contributed by atoms with Crippen molar-refractivity contribution in [3.05, 3.63) is 34.9 Å². The lowest BCUT2D eigenvalue weighted by Gasteiger charge is -2.28. The van der Waals surface area contributed by atoms with E-state index in [2.05, 4.69) is 32.9 Å². The van der Waals surface area contributed by atoms with Gasteiger partial charge in [-0.15, -0.1) is 0 Å². The molecule has 92 valence electrons. The summed E-state index contributed by atoms with van der Waals surface area (Å²) < 4.78 is 0. The quantitative estimate of drug-likeness (QED) is 0.616. The van der Waals surface area contributed by atoms with Gasteiger partial charge in [-0.05, 0) is 44.1 Å². The molecular formula is C16H22O. The van der Waals surface area contributed by atoms with Crippen LogP contribution in [-0.2, 0) is 4.79 Å². The fourth-order valence-electron chi connectivity index (χ4n) is 2.85. The van der Waals surface area contributed by atoms with Gasteiger partial charge in [0.05, 0.1) is 0 Å². The summed E-state index contributed by atoms with van der Waals surface area (Å²) in [7, 11) is 0. The Balaban J connectivity index is 2.17. The van der Waals surface area contributed by atoms with Gasteiger partial charge < -0.3 is 0 Å². The van der Waals surface area contributed by atoms with Crippen molar-refractivity contribution in [2.45, 2.75) is 47.0 Å². The number of rotatable bonds is 1. The van der Waals surface area contributed by atoms with Gasteiger partial charge in [-0.3, -0.25) is 4.79 Å². The third-order valence-corrected chi connectivity index (χ3v) is 4.37. The summed E-state index contributed by atoms with van der Waals surface area (Å²) in [5, 5.41) is 0. The summed E-state index contributed by atoms with van der Waals surface area (Å²) in [6.07, 6.45) is 9.23. The van der Waals surface area contributed by atoms with Crippen LogP contribution in [-0.4, -0.2) is 5.78 Å². The molecule has 1 heteroatoms. The molecule has 0 aliphatic heterocycles. The SMILES string of the molecule is CC1=CC(=O)C/C(=C\C2CC=C(C)C2(C)C)C1. The number of allylic oxidation sites excluding steroid dienone is 6. The van der Waals surface area contributed by atoms with Crippen molar-refractivity contribution >= 4 is 5.78 Å². The van der Waals surface area contributed by atoms with Crippen molar-refractivity contribution in [1.82, 2.24) is 0 Å². The average Bonchev–Trinajstić information content (AvgIpc) is 2.43. The Morgan fingerprint density at radius 1 is 1.29 bits per heavy atom. The molecule has 0 aromatic carbocycles. The third kappa shape index (κ3) is 2.43. The second-order valence-electron chi connectivity index (χ2n) is 6.09. The van der Waals surface area contributed by atoms with Crippen LogP contribution in [0.25, 0.3) is 0 Å². The van der Waals surface area contributed by atoms with Crippen molar-refractivity contribution in [2.75, 3.05) is 0 Å². The summed E-state index contributed by atoms with van der Waals surface area (Å²) in [4.78, 5) is 11.6. The zero-order valence-corrected chi connectivity index (χ0v) is 11.3. The fraction of sp³-hybridized carbons (Fsp3) is 0.562. The number of ketones is 1. The Hall–Kier alpha value is -1.11. The molecule has 0 amide bonds. The van der Waals surface area contributed by atoms with Gasteiger partial charge in [-0.25, -0.2) is 0 Å². The Kier molecular flexibility index (Phi) is 3.11. The lowest BCUT2D eigenvalue weighted by molar-refractivity contribution is -0.114. The van der Waals surface area contributed by atoms with Gasteiger partial charge in [0.15, 0.2) is 5.78 Å². The molecule has 0 spiro atoms. The van der Waals surface area contributed by atoms with E-state index in [0.29, 0.717) is 12.3 Å². The van der Waals surface area contributed by atoms with Gasteiger partial charge >= 0.3 is 0 Å². The monoisotopic (exact) mass is 230 g/mol. The Labute approximate surface area is 104 Å². The second kappa shape index (κ2) is 4.29. The third-order valence-electron chi connectivity index (χ3n) is 4.37. The molecule has 2 aliphatic carbocycles. The zero-order valence-electron chi connectivity index (χ0n) is 11.3. The molecule has 1 atom stereocenters. The molecule has 2 aliphatic rings. The highest BCUT2D eigenvalue weighted by atomic mass is 16.1. The van der Waals surface area contributed by atoms with Crippen LogP contribution < -0.4 is 0 Å². The van der Waals surface area contributed by atoms with E-state index in [1.54, 1.807) is 6.08 Å². The van der Waals surface area contributed by atoms with E-state index in [4.69, 9.17) is 0 Å².